The summed E-state index contributed by atoms with van der Waals surface area (Å²) in [6, 6.07) is 0. The lowest BCUT2D eigenvalue weighted by Gasteiger charge is -2.24. The van der Waals surface area contributed by atoms with E-state index in [1.54, 1.807) is 0 Å². The third-order valence-electron chi connectivity index (χ3n) is 3.64. The summed E-state index contributed by atoms with van der Waals surface area (Å²) in [6.07, 6.45) is 9.78. The third kappa shape index (κ3) is 5.85. The van der Waals surface area contributed by atoms with Crippen molar-refractivity contribution in [3.8, 4) is 0 Å². The van der Waals surface area contributed by atoms with E-state index >= 15 is 0 Å². The molecule has 3 nitrogen and oxygen atoms in total. The van der Waals surface area contributed by atoms with E-state index in [0.29, 0.717) is 6.10 Å². The summed E-state index contributed by atoms with van der Waals surface area (Å²) in [5.74, 6) is -0.197. The molecular weight excluding hydrogens is 228 g/mol. The summed E-state index contributed by atoms with van der Waals surface area (Å²) in [4.78, 5) is 11.0. The smallest absolute Gasteiger partial charge is 0.302 e. The minimum Gasteiger partial charge on any atom is -0.460 e. The van der Waals surface area contributed by atoms with Gasteiger partial charge in [0.2, 0.25) is 0 Å². The molecule has 0 aromatic heterocycles. The maximum atomic E-state index is 11.0. The number of hydrogen-bond donors (Lipinski definition) is 0. The highest BCUT2D eigenvalue weighted by Crippen LogP contribution is 2.24. The first kappa shape index (κ1) is 15.5. The highest BCUT2D eigenvalue weighted by molar-refractivity contribution is 5.66. The maximum absolute atomic E-state index is 11.0. The van der Waals surface area contributed by atoms with Crippen molar-refractivity contribution < 1.29 is 14.3 Å². The van der Waals surface area contributed by atoms with Crippen molar-refractivity contribution in [2.75, 3.05) is 0 Å². The van der Waals surface area contributed by atoms with E-state index in [-0.39, 0.29) is 18.2 Å². The van der Waals surface area contributed by atoms with Gasteiger partial charge in [-0.05, 0) is 32.6 Å². The van der Waals surface area contributed by atoms with Crippen LogP contribution in [0.25, 0.3) is 0 Å². The lowest BCUT2D eigenvalue weighted by molar-refractivity contribution is -0.155. The first-order valence-corrected chi connectivity index (χ1v) is 7.46. The van der Waals surface area contributed by atoms with Crippen LogP contribution in [0.4, 0.5) is 0 Å². The summed E-state index contributed by atoms with van der Waals surface area (Å²) < 4.78 is 11.3. The van der Waals surface area contributed by atoms with Crippen molar-refractivity contribution >= 4 is 5.97 Å². The Bertz CT molecular complexity index is 240. The molecule has 18 heavy (non-hydrogen) atoms. The SMILES string of the molecule is CCCCCC[C@@H]1CCC[C@@H](OC(C)=O)[C@H](C)O1. The lowest BCUT2D eigenvalue weighted by atomic mass is 10.0. The van der Waals surface area contributed by atoms with Gasteiger partial charge < -0.3 is 9.47 Å². The largest absolute Gasteiger partial charge is 0.460 e. The Hall–Kier alpha value is -0.570. The highest BCUT2D eigenvalue weighted by Gasteiger charge is 2.27. The van der Waals surface area contributed by atoms with E-state index in [0.717, 1.165) is 25.7 Å². The number of carbonyl (C=O) groups excluding carboxylic acids is 1. The zero-order valence-corrected chi connectivity index (χ0v) is 12.1. The maximum Gasteiger partial charge on any atom is 0.302 e. The van der Waals surface area contributed by atoms with Gasteiger partial charge in [-0.1, -0.05) is 32.6 Å². The molecule has 0 N–H and O–H groups in total. The Balaban J connectivity index is 2.30. The topological polar surface area (TPSA) is 35.5 Å². The van der Waals surface area contributed by atoms with Crippen LogP contribution >= 0.6 is 0 Å². The Morgan fingerprint density at radius 2 is 2.06 bits per heavy atom. The molecule has 1 rings (SSSR count). The summed E-state index contributed by atoms with van der Waals surface area (Å²) in [5, 5.41) is 0. The van der Waals surface area contributed by atoms with Crippen molar-refractivity contribution in [1.82, 2.24) is 0 Å². The molecule has 3 heteroatoms. The van der Waals surface area contributed by atoms with Gasteiger partial charge in [-0.15, -0.1) is 0 Å². The fraction of sp³-hybridized carbons (Fsp3) is 0.933. The highest BCUT2D eigenvalue weighted by atomic mass is 16.6. The van der Waals surface area contributed by atoms with Gasteiger partial charge in [0.05, 0.1) is 12.2 Å². The van der Waals surface area contributed by atoms with Crippen molar-refractivity contribution in [3.05, 3.63) is 0 Å². The van der Waals surface area contributed by atoms with E-state index in [1.165, 1.54) is 32.6 Å². The number of esters is 1. The summed E-state index contributed by atoms with van der Waals surface area (Å²) in [5.41, 5.74) is 0. The number of ether oxygens (including phenoxy) is 2. The molecule has 3 atom stereocenters. The molecule has 0 radical (unpaired) electrons. The molecule has 0 aromatic carbocycles. The van der Waals surface area contributed by atoms with Crippen LogP contribution in [0.5, 0.6) is 0 Å². The predicted octanol–water partition coefficient (Wildman–Crippen LogP) is 3.85. The summed E-state index contributed by atoms with van der Waals surface area (Å²) in [6.45, 7) is 5.73. The first-order chi connectivity index (χ1) is 8.63. The van der Waals surface area contributed by atoms with Gasteiger partial charge in [-0.2, -0.15) is 0 Å². The molecular formula is C15H28O3. The molecule has 0 aliphatic carbocycles. The van der Waals surface area contributed by atoms with Crippen LogP contribution in [-0.2, 0) is 14.3 Å². The van der Waals surface area contributed by atoms with Crippen LogP contribution in [0.1, 0.15) is 72.1 Å². The minimum absolute atomic E-state index is 0.0348. The van der Waals surface area contributed by atoms with Crippen molar-refractivity contribution in [3.63, 3.8) is 0 Å². The van der Waals surface area contributed by atoms with E-state index in [1.807, 2.05) is 6.92 Å². The van der Waals surface area contributed by atoms with Gasteiger partial charge in [0.15, 0.2) is 0 Å². The van der Waals surface area contributed by atoms with E-state index in [4.69, 9.17) is 9.47 Å². The fourth-order valence-corrected chi connectivity index (χ4v) is 2.62. The first-order valence-electron chi connectivity index (χ1n) is 7.46. The summed E-state index contributed by atoms with van der Waals surface area (Å²) >= 11 is 0. The number of rotatable bonds is 6. The zero-order chi connectivity index (χ0) is 13.4. The molecule has 0 saturated carbocycles. The van der Waals surface area contributed by atoms with Crippen LogP contribution in [0.15, 0.2) is 0 Å². The lowest BCUT2D eigenvalue weighted by Crippen LogP contribution is -2.31. The van der Waals surface area contributed by atoms with Gasteiger partial charge in [-0.3, -0.25) is 4.79 Å². The second kappa shape index (κ2) is 8.52. The predicted molar refractivity (Wildman–Crippen MR) is 72.5 cm³/mol. The van der Waals surface area contributed by atoms with Crippen molar-refractivity contribution in [2.45, 2.75) is 90.4 Å². The standard InChI is InChI=1S/C15H28O3/c1-4-5-6-7-9-14-10-8-11-15(12(2)17-14)18-13(3)16/h12,14-15H,4-11H2,1-3H3/t12-,14+,15+/m0/s1. The molecule has 1 aliphatic rings. The molecule has 1 heterocycles. The molecule has 0 unspecified atom stereocenters. The molecule has 0 amide bonds. The summed E-state index contributed by atoms with van der Waals surface area (Å²) in [7, 11) is 0. The number of unbranched alkanes of at least 4 members (excludes halogenated alkanes) is 3. The van der Waals surface area contributed by atoms with Crippen molar-refractivity contribution in [2.24, 2.45) is 0 Å². The second-order valence-corrected chi connectivity index (χ2v) is 5.39. The second-order valence-electron chi connectivity index (χ2n) is 5.39. The molecule has 1 saturated heterocycles. The van der Waals surface area contributed by atoms with Gasteiger partial charge in [0.1, 0.15) is 6.10 Å². The van der Waals surface area contributed by atoms with Gasteiger partial charge in [0, 0.05) is 6.92 Å². The van der Waals surface area contributed by atoms with E-state index in [9.17, 15) is 4.79 Å². The Kier molecular flexibility index (Phi) is 7.33. The molecule has 1 aliphatic heterocycles. The Morgan fingerprint density at radius 1 is 1.28 bits per heavy atom. The monoisotopic (exact) mass is 256 g/mol. The van der Waals surface area contributed by atoms with Crippen LogP contribution in [0, 0.1) is 0 Å². The average molecular weight is 256 g/mol. The molecule has 1 fully saturated rings. The molecule has 0 aromatic rings. The molecule has 0 bridgehead atoms. The van der Waals surface area contributed by atoms with Gasteiger partial charge in [0.25, 0.3) is 0 Å². The third-order valence-corrected chi connectivity index (χ3v) is 3.64. The van der Waals surface area contributed by atoms with Gasteiger partial charge in [-0.25, -0.2) is 0 Å². The Labute approximate surface area is 111 Å². The van der Waals surface area contributed by atoms with E-state index in [2.05, 4.69) is 6.92 Å². The fourth-order valence-electron chi connectivity index (χ4n) is 2.62. The van der Waals surface area contributed by atoms with Crippen LogP contribution in [-0.4, -0.2) is 24.3 Å². The quantitative estimate of drug-likeness (QED) is 0.535. The average Bonchev–Trinajstić information content (AvgIpc) is 2.47. The van der Waals surface area contributed by atoms with Crippen LogP contribution < -0.4 is 0 Å². The molecule has 106 valence electrons. The number of carbonyl (C=O) groups is 1. The zero-order valence-electron chi connectivity index (χ0n) is 12.1. The normalized spacial score (nSPS) is 28.7. The van der Waals surface area contributed by atoms with Crippen LogP contribution in [0.3, 0.4) is 0 Å². The van der Waals surface area contributed by atoms with E-state index < -0.39 is 0 Å². The number of hydrogen-bond acceptors (Lipinski definition) is 3. The molecule has 0 spiro atoms. The van der Waals surface area contributed by atoms with Gasteiger partial charge >= 0.3 is 5.97 Å². The van der Waals surface area contributed by atoms with Crippen molar-refractivity contribution in [1.29, 1.82) is 0 Å². The Morgan fingerprint density at radius 3 is 2.72 bits per heavy atom. The minimum atomic E-state index is -0.197. The van der Waals surface area contributed by atoms with Crippen LogP contribution in [0.2, 0.25) is 0 Å².